The van der Waals surface area contributed by atoms with Gasteiger partial charge in [0, 0.05) is 0 Å². The number of aromatic nitrogens is 3. The Bertz CT molecular complexity index is 848. The smallest absolute Gasteiger partial charge is 0.349 e. The number of hydrogen-bond acceptors (Lipinski definition) is 6. The Hall–Kier alpha value is -2.06. The van der Waals surface area contributed by atoms with Crippen molar-refractivity contribution in [1.29, 1.82) is 0 Å². The van der Waals surface area contributed by atoms with Crippen LogP contribution in [0.2, 0.25) is 0 Å². The Morgan fingerprint density at radius 1 is 1.45 bits per heavy atom. The molecule has 6 nitrogen and oxygen atoms in total. The van der Waals surface area contributed by atoms with E-state index in [1.807, 2.05) is 24.4 Å². The summed E-state index contributed by atoms with van der Waals surface area (Å²) < 4.78 is 1.28. The molecule has 0 atom stereocenters. The molecule has 0 aliphatic heterocycles. The van der Waals surface area contributed by atoms with Gasteiger partial charge >= 0.3 is 5.69 Å². The number of carbonyl (C=O) groups excluding carboxylic acids is 1. The lowest BCUT2D eigenvalue weighted by molar-refractivity contribution is -0.118. The quantitative estimate of drug-likeness (QED) is 0.791. The molecule has 0 aliphatic carbocycles. The van der Waals surface area contributed by atoms with Crippen LogP contribution in [0.5, 0.6) is 0 Å². The van der Waals surface area contributed by atoms with Gasteiger partial charge in [-0.05, 0) is 18.4 Å². The molecule has 0 aromatic carbocycles. The van der Waals surface area contributed by atoms with Crippen molar-refractivity contribution in [2.45, 2.75) is 13.5 Å². The van der Waals surface area contributed by atoms with Crippen molar-refractivity contribution in [3.05, 3.63) is 33.0 Å². The van der Waals surface area contributed by atoms with E-state index in [0.29, 0.717) is 16.0 Å². The van der Waals surface area contributed by atoms with Crippen molar-refractivity contribution in [3.63, 3.8) is 0 Å². The minimum absolute atomic E-state index is 0.186. The van der Waals surface area contributed by atoms with E-state index >= 15 is 0 Å². The molecule has 3 heterocycles. The van der Waals surface area contributed by atoms with Gasteiger partial charge < -0.3 is 5.73 Å². The van der Waals surface area contributed by atoms with Gasteiger partial charge in [-0.1, -0.05) is 6.07 Å². The van der Waals surface area contributed by atoms with E-state index in [-0.39, 0.29) is 6.54 Å². The Balaban J connectivity index is 2.35. The fraction of sp³-hybridized carbons (Fsp3) is 0.167. The second kappa shape index (κ2) is 4.80. The molecule has 3 aromatic rings. The van der Waals surface area contributed by atoms with Crippen LogP contribution >= 0.6 is 22.7 Å². The monoisotopic (exact) mass is 306 g/mol. The number of hydrogen-bond donors (Lipinski definition) is 1. The highest BCUT2D eigenvalue weighted by atomic mass is 32.1. The third-order valence-corrected chi connectivity index (χ3v) is 4.56. The van der Waals surface area contributed by atoms with Gasteiger partial charge in [0.2, 0.25) is 5.91 Å². The van der Waals surface area contributed by atoms with Gasteiger partial charge in [0.25, 0.3) is 0 Å². The van der Waals surface area contributed by atoms with Gasteiger partial charge in [0.05, 0.1) is 9.88 Å². The zero-order valence-corrected chi connectivity index (χ0v) is 12.1. The Morgan fingerprint density at radius 3 is 2.90 bits per heavy atom. The molecule has 102 valence electrons. The fourth-order valence-corrected chi connectivity index (χ4v) is 3.55. The Labute approximate surface area is 121 Å². The summed E-state index contributed by atoms with van der Waals surface area (Å²) in [6.07, 6.45) is 0. The number of rotatable bonds is 3. The third-order valence-electron chi connectivity index (χ3n) is 2.69. The maximum absolute atomic E-state index is 12.1. The second-order valence-electron chi connectivity index (χ2n) is 4.16. The first-order valence-corrected chi connectivity index (χ1v) is 7.46. The summed E-state index contributed by atoms with van der Waals surface area (Å²) in [5, 5.41) is 2.72. The number of fused-ring (bicyclic) bond motifs is 1. The lowest BCUT2D eigenvalue weighted by atomic mass is 10.3. The molecule has 0 aliphatic rings. The zero-order chi connectivity index (χ0) is 14.3. The van der Waals surface area contributed by atoms with E-state index in [1.165, 1.54) is 27.2 Å². The maximum Gasteiger partial charge on any atom is 0.349 e. The van der Waals surface area contributed by atoms with E-state index in [2.05, 4.69) is 9.97 Å². The van der Waals surface area contributed by atoms with E-state index < -0.39 is 11.6 Å². The molecule has 0 fully saturated rings. The predicted octanol–water partition coefficient (Wildman–Crippen LogP) is 1.38. The number of aryl methyl sites for hydroxylation is 1. The molecule has 1 amide bonds. The first-order chi connectivity index (χ1) is 9.56. The molecular weight excluding hydrogens is 296 g/mol. The number of thiazole rings is 1. The molecule has 3 aromatic heterocycles. The third kappa shape index (κ3) is 2.12. The molecular formula is C12H10N4O2S2. The molecule has 2 N–H and O–H groups in total. The van der Waals surface area contributed by atoms with Crippen LogP contribution < -0.4 is 11.4 Å². The van der Waals surface area contributed by atoms with Crippen molar-refractivity contribution < 1.29 is 4.79 Å². The first-order valence-electron chi connectivity index (χ1n) is 5.76. The number of amides is 1. The zero-order valence-electron chi connectivity index (χ0n) is 10.5. The minimum atomic E-state index is -0.579. The van der Waals surface area contributed by atoms with Crippen molar-refractivity contribution in [2.75, 3.05) is 0 Å². The molecule has 20 heavy (non-hydrogen) atoms. The predicted molar refractivity (Wildman–Crippen MR) is 78.9 cm³/mol. The average molecular weight is 306 g/mol. The molecule has 3 rings (SSSR count). The van der Waals surface area contributed by atoms with Crippen LogP contribution in [0, 0.1) is 6.92 Å². The number of carbonyl (C=O) groups is 1. The summed E-state index contributed by atoms with van der Waals surface area (Å²) in [6, 6.07) is 3.78. The van der Waals surface area contributed by atoms with Crippen molar-refractivity contribution >= 4 is 38.9 Å². The summed E-state index contributed by atoms with van der Waals surface area (Å²) >= 11 is 2.85. The van der Waals surface area contributed by atoms with Crippen LogP contribution in [0.25, 0.3) is 20.9 Å². The Kier molecular flexibility index (Phi) is 3.11. The van der Waals surface area contributed by atoms with Crippen LogP contribution in [0.1, 0.15) is 5.01 Å². The van der Waals surface area contributed by atoms with Gasteiger partial charge in [-0.25, -0.2) is 9.78 Å². The number of nitrogens with two attached hydrogens (primary N) is 1. The largest absolute Gasteiger partial charge is 0.368 e. The maximum atomic E-state index is 12.1. The van der Waals surface area contributed by atoms with Crippen LogP contribution in [-0.2, 0) is 11.3 Å². The van der Waals surface area contributed by atoms with Gasteiger partial charge in [0.15, 0.2) is 0 Å². The molecule has 0 saturated carbocycles. The van der Waals surface area contributed by atoms with E-state index in [9.17, 15) is 9.59 Å². The van der Waals surface area contributed by atoms with E-state index in [1.54, 1.807) is 0 Å². The van der Waals surface area contributed by atoms with Gasteiger partial charge in [-0.15, -0.1) is 22.7 Å². The van der Waals surface area contributed by atoms with Crippen molar-refractivity contribution in [3.8, 4) is 10.6 Å². The summed E-state index contributed by atoms with van der Waals surface area (Å²) in [4.78, 5) is 33.2. The molecule has 0 bridgehead atoms. The highest BCUT2D eigenvalue weighted by Gasteiger charge is 2.17. The molecule has 0 saturated heterocycles. The molecule has 0 radical (unpaired) electrons. The average Bonchev–Trinajstić information content (AvgIpc) is 3.00. The SMILES string of the molecule is Cc1nc2c(-c3cccs3)nc(=O)n(CC(N)=O)c2s1. The number of thiophene rings is 1. The Morgan fingerprint density at radius 2 is 2.25 bits per heavy atom. The topological polar surface area (TPSA) is 90.9 Å². The van der Waals surface area contributed by atoms with Gasteiger partial charge in [0.1, 0.15) is 22.6 Å². The normalized spacial score (nSPS) is 11.1. The summed E-state index contributed by atoms with van der Waals surface area (Å²) in [6.45, 7) is 1.66. The lowest BCUT2D eigenvalue weighted by Crippen LogP contribution is -2.29. The number of primary amides is 1. The van der Waals surface area contributed by atoms with Crippen LogP contribution in [-0.4, -0.2) is 20.4 Å². The molecule has 8 heteroatoms. The second-order valence-corrected chi connectivity index (χ2v) is 6.29. The lowest BCUT2D eigenvalue weighted by Gasteiger charge is -2.05. The van der Waals surface area contributed by atoms with Crippen molar-refractivity contribution in [1.82, 2.24) is 14.5 Å². The molecule has 0 unspecified atom stereocenters. The van der Waals surface area contributed by atoms with Crippen LogP contribution in [0.4, 0.5) is 0 Å². The number of nitrogens with zero attached hydrogens (tertiary/aromatic N) is 3. The summed E-state index contributed by atoms with van der Waals surface area (Å²) in [7, 11) is 0. The highest BCUT2D eigenvalue weighted by Crippen LogP contribution is 2.30. The fourth-order valence-electron chi connectivity index (χ4n) is 1.93. The standard InChI is InChI=1S/C12H10N4O2S2/c1-6-14-10-9(7-3-2-4-19-7)15-12(18)16(5-8(13)17)11(10)20-6/h2-4H,5H2,1H3,(H2,13,17). The highest BCUT2D eigenvalue weighted by molar-refractivity contribution is 7.18. The van der Waals surface area contributed by atoms with E-state index in [0.717, 1.165) is 9.88 Å². The summed E-state index contributed by atoms with van der Waals surface area (Å²) in [5.41, 5.74) is 5.90. The summed E-state index contributed by atoms with van der Waals surface area (Å²) in [5.74, 6) is -0.579. The van der Waals surface area contributed by atoms with Gasteiger partial charge in [-0.3, -0.25) is 9.36 Å². The first kappa shape index (κ1) is 12.9. The van der Waals surface area contributed by atoms with Crippen LogP contribution in [0.15, 0.2) is 22.3 Å². The van der Waals surface area contributed by atoms with Crippen molar-refractivity contribution in [2.24, 2.45) is 5.73 Å². The molecule has 0 spiro atoms. The van der Waals surface area contributed by atoms with Gasteiger partial charge in [-0.2, -0.15) is 4.98 Å². The van der Waals surface area contributed by atoms with Crippen LogP contribution in [0.3, 0.4) is 0 Å². The van der Waals surface area contributed by atoms with E-state index in [4.69, 9.17) is 5.73 Å². The minimum Gasteiger partial charge on any atom is -0.368 e.